The number of hydrogen-bond acceptors (Lipinski definition) is 2. The number of halogens is 1. The molecule has 3 nitrogen and oxygen atoms in total. The topological polar surface area (TPSA) is 33.2 Å². The van der Waals surface area contributed by atoms with E-state index in [1.54, 1.807) is 6.92 Å². The summed E-state index contributed by atoms with van der Waals surface area (Å²) in [6.07, 6.45) is 4.18. The third kappa shape index (κ3) is 3.76. The van der Waals surface area contributed by atoms with Crippen molar-refractivity contribution in [1.82, 2.24) is 9.88 Å². The molecule has 1 aromatic carbocycles. The first-order valence-corrected chi connectivity index (χ1v) is 8.09. The monoisotopic (exact) mass is 312 g/mol. The Morgan fingerprint density at radius 2 is 1.96 bits per heavy atom. The molecule has 0 spiro atoms. The fraction of sp³-hybridized carbons (Fsp3) is 0.368. The van der Waals surface area contributed by atoms with Gasteiger partial charge in [0.05, 0.1) is 6.20 Å². The second-order valence-corrected chi connectivity index (χ2v) is 6.24. The van der Waals surface area contributed by atoms with Gasteiger partial charge in [0.15, 0.2) is 0 Å². The predicted molar refractivity (Wildman–Crippen MR) is 87.7 cm³/mol. The van der Waals surface area contributed by atoms with Crippen molar-refractivity contribution < 1.29 is 9.18 Å². The Bertz CT molecular complexity index is 679. The minimum atomic E-state index is -0.402. The van der Waals surface area contributed by atoms with Crippen molar-refractivity contribution in [2.24, 2.45) is 5.92 Å². The van der Waals surface area contributed by atoms with Crippen LogP contribution in [0.15, 0.2) is 42.6 Å². The smallest absolute Gasteiger partial charge is 0.272 e. The van der Waals surface area contributed by atoms with Gasteiger partial charge in [0, 0.05) is 13.1 Å². The van der Waals surface area contributed by atoms with Gasteiger partial charge in [0.1, 0.15) is 11.5 Å². The maximum absolute atomic E-state index is 13.1. The van der Waals surface area contributed by atoms with Gasteiger partial charge in [0.2, 0.25) is 0 Å². The molecule has 3 rings (SSSR count). The molecule has 1 amide bonds. The Hall–Kier alpha value is -2.23. The van der Waals surface area contributed by atoms with E-state index in [0.29, 0.717) is 17.2 Å². The molecule has 0 unspecified atom stereocenters. The highest BCUT2D eigenvalue weighted by Crippen LogP contribution is 2.23. The predicted octanol–water partition coefficient (Wildman–Crippen LogP) is 3.62. The molecule has 0 radical (unpaired) electrons. The van der Waals surface area contributed by atoms with Crippen molar-refractivity contribution >= 4 is 5.91 Å². The van der Waals surface area contributed by atoms with E-state index in [4.69, 9.17) is 0 Å². The number of nitrogens with zero attached hydrogens (tertiary/aromatic N) is 2. The fourth-order valence-electron chi connectivity index (χ4n) is 3.20. The lowest BCUT2D eigenvalue weighted by Gasteiger charge is -2.32. The molecule has 2 heterocycles. The van der Waals surface area contributed by atoms with E-state index in [9.17, 15) is 9.18 Å². The van der Waals surface area contributed by atoms with E-state index in [2.05, 4.69) is 29.2 Å². The number of pyridine rings is 1. The number of benzene rings is 1. The van der Waals surface area contributed by atoms with Crippen molar-refractivity contribution in [3.05, 3.63) is 65.2 Å². The van der Waals surface area contributed by atoms with Crippen LogP contribution in [-0.4, -0.2) is 28.9 Å². The van der Waals surface area contributed by atoms with E-state index >= 15 is 0 Å². The molecule has 1 fully saturated rings. The molecule has 0 aliphatic carbocycles. The third-order valence-electron chi connectivity index (χ3n) is 4.52. The standard InChI is InChI=1S/C19H21FN2O/c1-14-11-17(20)13-21-18(14)19(23)22-9-7-16(8-10-22)12-15-5-3-2-4-6-15/h2-6,11,13,16H,7-10,12H2,1H3. The second-order valence-electron chi connectivity index (χ2n) is 6.24. The van der Waals surface area contributed by atoms with Crippen molar-refractivity contribution in [3.8, 4) is 0 Å². The van der Waals surface area contributed by atoms with Crippen LogP contribution in [0, 0.1) is 18.7 Å². The van der Waals surface area contributed by atoms with Crippen molar-refractivity contribution in [2.75, 3.05) is 13.1 Å². The highest BCUT2D eigenvalue weighted by atomic mass is 19.1. The molecule has 1 saturated heterocycles. The highest BCUT2D eigenvalue weighted by molar-refractivity contribution is 5.93. The average Bonchev–Trinajstić information content (AvgIpc) is 2.56. The zero-order chi connectivity index (χ0) is 16.2. The number of amides is 1. The number of rotatable bonds is 3. The van der Waals surface area contributed by atoms with Crippen LogP contribution >= 0.6 is 0 Å². The highest BCUT2D eigenvalue weighted by Gasteiger charge is 2.25. The van der Waals surface area contributed by atoms with Crippen LogP contribution in [0.25, 0.3) is 0 Å². The Morgan fingerprint density at radius 3 is 2.61 bits per heavy atom. The van der Waals surface area contributed by atoms with Crippen LogP contribution in [0.2, 0.25) is 0 Å². The Labute approximate surface area is 136 Å². The summed E-state index contributed by atoms with van der Waals surface area (Å²) in [6, 6.07) is 11.8. The summed E-state index contributed by atoms with van der Waals surface area (Å²) in [4.78, 5) is 18.4. The third-order valence-corrected chi connectivity index (χ3v) is 4.52. The zero-order valence-electron chi connectivity index (χ0n) is 13.3. The molecule has 0 saturated carbocycles. The first-order valence-electron chi connectivity index (χ1n) is 8.09. The van der Waals surface area contributed by atoms with Crippen LogP contribution < -0.4 is 0 Å². The summed E-state index contributed by atoms with van der Waals surface area (Å²) in [7, 11) is 0. The number of aromatic nitrogens is 1. The van der Waals surface area contributed by atoms with Gasteiger partial charge in [-0.05, 0) is 49.3 Å². The van der Waals surface area contributed by atoms with E-state index in [0.717, 1.165) is 38.5 Å². The van der Waals surface area contributed by atoms with Gasteiger partial charge in [-0.15, -0.1) is 0 Å². The number of aryl methyl sites for hydroxylation is 1. The molecule has 0 atom stereocenters. The second kappa shape index (κ2) is 6.90. The molecule has 1 aliphatic rings. The molecular formula is C19H21FN2O. The first-order chi connectivity index (χ1) is 11.1. The van der Waals surface area contributed by atoms with Gasteiger partial charge in [-0.2, -0.15) is 0 Å². The van der Waals surface area contributed by atoms with E-state index in [-0.39, 0.29) is 5.91 Å². The maximum atomic E-state index is 13.1. The molecule has 0 N–H and O–H groups in total. The van der Waals surface area contributed by atoms with Crippen LogP contribution in [0.4, 0.5) is 4.39 Å². The molecular weight excluding hydrogens is 291 g/mol. The Kier molecular flexibility index (Phi) is 4.70. The summed E-state index contributed by atoms with van der Waals surface area (Å²) >= 11 is 0. The Morgan fingerprint density at radius 1 is 1.26 bits per heavy atom. The number of carbonyl (C=O) groups excluding carboxylic acids is 1. The van der Waals surface area contributed by atoms with Gasteiger partial charge in [0.25, 0.3) is 5.91 Å². The normalized spacial score (nSPS) is 15.7. The van der Waals surface area contributed by atoms with Gasteiger partial charge >= 0.3 is 0 Å². The largest absolute Gasteiger partial charge is 0.337 e. The SMILES string of the molecule is Cc1cc(F)cnc1C(=O)N1CCC(Cc2ccccc2)CC1. The summed E-state index contributed by atoms with van der Waals surface area (Å²) in [5.41, 5.74) is 2.32. The average molecular weight is 312 g/mol. The lowest BCUT2D eigenvalue weighted by Crippen LogP contribution is -2.39. The summed E-state index contributed by atoms with van der Waals surface area (Å²) in [6.45, 7) is 3.22. The molecule has 2 aromatic rings. The fourth-order valence-corrected chi connectivity index (χ4v) is 3.20. The lowest BCUT2D eigenvalue weighted by molar-refractivity contribution is 0.0683. The maximum Gasteiger partial charge on any atom is 0.272 e. The zero-order valence-corrected chi connectivity index (χ0v) is 13.3. The number of likely N-dealkylation sites (tertiary alicyclic amines) is 1. The molecule has 23 heavy (non-hydrogen) atoms. The molecule has 1 aromatic heterocycles. The van der Waals surface area contributed by atoms with Crippen LogP contribution in [0.3, 0.4) is 0 Å². The van der Waals surface area contributed by atoms with Crippen molar-refractivity contribution in [2.45, 2.75) is 26.2 Å². The van der Waals surface area contributed by atoms with E-state index < -0.39 is 5.82 Å². The van der Waals surface area contributed by atoms with Gasteiger partial charge in [-0.1, -0.05) is 30.3 Å². The minimum absolute atomic E-state index is 0.0827. The summed E-state index contributed by atoms with van der Waals surface area (Å²) in [5.74, 6) is 0.130. The van der Waals surface area contributed by atoms with Gasteiger partial charge in [-0.25, -0.2) is 9.37 Å². The number of hydrogen-bond donors (Lipinski definition) is 0. The van der Waals surface area contributed by atoms with Crippen molar-refractivity contribution in [3.63, 3.8) is 0 Å². The van der Waals surface area contributed by atoms with E-state index in [1.807, 2.05) is 11.0 Å². The number of carbonyl (C=O) groups is 1. The van der Waals surface area contributed by atoms with Crippen LogP contribution in [0.5, 0.6) is 0 Å². The van der Waals surface area contributed by atoms with Crippen LogP contribution in [0.1, 0.15) is 34.5 Å². The molecule has 4 heteroatoms. The molecule has 0 bridgehead atoms. The van der Waals surface area contributed by atoms with Crippen molar-refractivity contribution in [1.29, 1.82) is 0 Å². The quantitative estimate of drug-likeness (QED) is 0.867. The summed E-state index contributed by atoms with van der Waals surface area (Å²) < 4.78 is 13.1. The first kappa shape index (κ1) is 15.7. The Balaban J connectivity index is 1.59. The summed E-state index contributed by atoms with van der Waals surface area (Å²) in [5, 5.41) is 0. The van der Waals surface area contributed by atoms with Gasteiger partial charge in [-0.3, -0.25) is 4.79 Å². The van der Waals surface area contributed by atoms with Gasteiger partial charge < -0.3 is 4.90 Å². The lowest BCUT2D eigenvalue weighted by atomic mass is 9.90. The minimum Gasteiger partial charge on any atom is -0.337 e. The molecule has 120 valence electrons. The van der Waals surface area contributed by atoms with E-state index in [1.165, 1.54) is 11.6 Å². The number of piperidine rings is 1. The van der Waals surface area contributed by atoms with Crippen LogP contribution in [-0.2, 0) is 6.42 Å². The molecule has 1 aliphatic heterocycles.